The molecule has 0 spiro atoms. The van der Waals surface area contributed by atoms with E-state index in [9.17, 15) is 9.90 Å². The van der Waals surface area contributed by atoms with Gasteiger partial charge in [0.2, 0.25) is 5.91 Å². The molecule has 31 heavy (non-hydrogen) atoms. The monoisotopic (exact) mass is 429 g/mol. The van der Waals surface area contributed by atoms with Crippen LogP contribution in [0, 0.1) is 0 Å². The van der Waals surface area contributed by atoms with Crippen molar-refractivity contribution in [3.05, 3.63) is 60.8 Å². The molecule has 0 saturated carbocycles. The Balaban J connectivity index is 4.04. The first-order valence-corrected chi connectivity index (χ1v) is 12.4. The molecular formula is C28H47NO2. The number of carbonyl (C=O) groups excluding carboxylic acids is 1. The van der Waals surface area contributed by atoms with E-state index in [0.717, 1.165) is 51.4 Å². The van der Waals surface area contributed by atoms with Crippen molar-refractivity contribution in [2.45, 2.75) is 103 Å². The minimum absolute atomic E-state index is 0.121. The van der Waals surface area contributed by atoms with E-state index < -0.39 is 5.60 Å². The smallest absolute Gasteiger partial charge is 0.243 e. The second-order valence-electron chi connectivity index (χ2n) is 8.25. The number of allylic oxidation sites excluding steroid dienone is 9. The van der Waals surface area contributed by atoms with E-state index in [1.54, 1.807) is 6.08 Å². The minimum Gasteiger partial charge on any atom is -0.388 e. The van der Waals surface area contributed by atoms with Crippen LogP contribution in [0.1, 0.15) is 97.8 Å². The van der Waals surface area contributed by atoms with Gasteiger partial charge in [-0.25, -0.2) is 0 Å². The van der Waals surface area contributed by atoms with Crippen molar-refractivity contribution in [2.24, 2.45) is 0 Å². The summed E-state index contributed by atoms with van der Waals surface area (Å²) in [4.78, 5) is 12.0. The molecule has 0 aromatic heterocycles. The lowest BCUT2D eigenvalue weighted by Gasteiger charge is -2.28. The van der Waals surface area contributed by atoms with Gasteiger partial charge < -0.3 is 10.4 Å². The fourth-order valence-electron chi connectivity index (χ4n) is 3.27. The summed E-state index contributed by atoms with van der Waals surface area (Å²) in [5.74, 6) is -0.121. The molecule has 0 saturated heterocycles. The number of amides is 1. The molecule has 0 heterocycles. The molecule has 0 aromatic carbocycles. The summed E-state index contributed by atoms with van der Waals surface area (Å²) in [7, 11) is 0. The van der Waals surface area contributed by atoms with Gasteiger partial charge >= 0.3 is 0 Å². The molecule has 1 unspecified atom stereocenters. The number of unbranched alkanes of at least 4 members (excludes halogenated alkanes) is 6. The van der Waals surface area contributed by atoms with Crippen LogP contribution in [0.3, 0.4) is 0 Å². The first-order chi connectivity index (χ1) is 15.1. The van der Waals surface area contributed by atoms with E-state index in [-0.39, 0.29) is 5.91 Å². The lowest BCUT2D eigenvalue weighted by molar-refractivity contribution is -0.118. The van der Waals surface area contributed by atoms with Crippen molar-refractivity contribution in [3.63, 3.8) is 0 Å². The van der Waals surface area contributed by atoms with Crippen LogP contribution in [0.15, 0.2) is 60.8 Å². The number of hydrogen-bond acceptors (Lipinski definition) is 2. The maximum absolute atomic E-state index is 12.0. The number of hydrogen-bond donors (Lipinski definition) is 2. The summed E-state index contributed by atoms with van der Waals surface area (Å²) >= 11 is 0. The fourth-order valence-corrected chi connectivity index (χ4v) is 3.27. The van der Waals surface area contributed by atoms with Crippen LogP contribution in [0.4, 0.5) is 0 Å². The van der Waals surface area contributed by atoms with Gasteiger partial charge in [-0.2, -0.15) is 0 Å². The first kappa shape index (κ1) is 29.1. The molecule has 176 valence electrons. The number of aliphatic hydroxyl groups is 1. The summed E-state index contributed by atoms with van der Waals surface area (Å²) < 4.78 is 0. The van der Waals surface area contributed by atoms with Crippen molar-refractivity contribution >= 4 is 5.91 Å². The summed E-state index contributed by atoms with van der Waals surface area (Å²) in [6, 6.07) is 0. The third-order valence-corrected chi connectivity index (χ3v) is 5.12. The largest absolute Gasteiger partial charge is 0.388 e. The molecule has 3 nitrogen and oxygen atoms in total. The van der Waals surface area contributed by atoms with Gasteiger partial charge in [-0.3, -0.25) is 4.79 Å². The van der Waals surface area contributed by atoms with Gasteiger partial charge in [0.05, 0.1) is 5.60 Å². The van der Waals surface area contributed by atoms with Gasteiger partial charge in [0, 0.05) is 6.54 Å². The number of carbonyl (C=O) groups is 1. The van der Waals surface area contributed by atoms with Crippen molar-refractivity contribution in [1.29, 1.82) is 0 Å². The van der Waals surface area contributed by atoms with Crippen LogP contribution in [-0.2, 0) is 4.79 Å². The molecule has 0 bridgehead atoms. The Morgan fingerprint density at radius 1 is 0.710 bits per heavy atom. The Labute approximate surface area is 192 Å². The van der Waals surface area contributed by atoms with Crippen molar-refractivity contribution < 1.29 is 9.90 Å². The standard InChI is InChI=1S/C28H47NO2/c1-4-7-9-11-12-13-14-15-16-17-18-19-20-21-23-27(30)29-26-28(31,24-6-3)25-22-10-8-5-2/h11-18,21,23,31H,4-10,19-20,22,24-26H2,1-3H3,(H,29,30). The van der Waals surface area contributed by atoms with Gasteiger partial charge in [0.25, 0.3) is 0 Å². The molecule has 3 heteroatoms. The molecule has 0 rings (SSSR count). The zero-order valence-electron chi connectivity index (χ0n) is 20.3. The Morgan fingerprint density at radius 3 is 1.97 bits per heavy atom. The molecule has 1 amide bonds. The topological polar surface area (TPSA) is 49.3 Å². The molecule has 0 aromatic rings. The van der Waals surface area contributed by atoms with Crippen LogP contribution < -0.4 is 5.32 Å². The summed E-state index contributed by atoms with van der Waals surface area (Å²) in [5, 5.41) is 13.7. The highest BCUT2D eigenvalue weighted by Crippen LogP contribution is 2.20. The summed E-state index contributed by atoms with van der Waals surface area (Å²) in [5.41, 5.74) is -0.777. The average Bonchev–Trinajstić information content (AvgIpc) is 2.76. The van der Waals surface area contributed by atoms with Gasteiger partial charge in [-0.15, -0.1) is 0 Å². The van der Waals surface area contributed by atoms with E-state index in [4.69, 9.17) is 0 Å². The number of rotatable bonds is 19. The third-order valence-electron chi connectivity index (χ3n) is 5.12. The van der Waals surface area contributed by atoms with Gasteiger partial charge in [-0.05, 0) is 38.2 Å². The molecular weight excluding hydrogens is 382 g/mol. The SMILES string of the molecule is CCCCC=CC=CC=CC=CCCC=CC(=O)NCC(O)(CCC)CCCCCC. The third kappa shape index (κ3) is 19.8. The Hall–Kier alpha value is -1.87. The van der Waals surface area contributed by atoms with Crippen molar-refractivity contribution in [3.8, 4) is 0 Å². The van der Waals surface area contributed by atoms with Crippen molar-refractivity contribution in [2.75, 3.05) is 6.54 Å². The highest BCUT2D eigenvalue weighted by Gasteiger charge is 2.25. The number of nitrogens with one attached hydrogen (secondary N) is 1. The van der Waals surface area contributed by atoms with Crippen LogP contribution >= 0.6 is 0 Å². The van der Waals surface area contributed by atoms with E-state index in [0.29, 0.717) is 6.54 Å². The zero-order valence-corrected chi connectivity index (χ0v) is 20.3. The average molecular weight is 430 g/mol. The predicted octanol–water partition coefficient (Wildman–Crippen LogP) is 7.36. The Kier molecular flexibility index (Phi) is 20.1. The van der Waals surface area contributed by atoms with E-state index in [2.05, 4.69) is 44.3 Å². The maximum atomic E-state index is 12.0. The van der Waals surface area contributed by atoms with Crippen molar-refractivity contribution in [1.82, 2.24) is 5.32 Å². The van der Waals surface area contributed by atoms with Gasteiger partial charge in [0.1, 0.15) is 0 Å². The highest BCUT2D eigenvalue weighted by molar-refractivity contribution is 5.87. The molecule has 0 fully saturated rings. The fraction of sp³-hybridized carbons (Fsp3) is 0.607. The molecule has 0 radical (unpaired) electrons. The summed E-state index contributed by atoms with van der Waals surface area (Å²) in [6.45, 7) is 6.80. The van der Waals surface area contributed by atoms with E-state index in [1.165, 1.54) is 25.7 Å². The second-order valence-corrected chi connectivity index (χ2v) is 8.25. The van der Waals surface area contributed by atoms with Crippen LogP contribution in [0.2, 0.25) is 0 Å². The lowest BCUT2D eigenvalue weighted by Crippen LogP contribution is -2.42. The molecule has 1 atom stereocenters. The minimum atomic E-state index is -0.777. The van der Waals surface area contributed by atoms with Crippen LogP contribution in [-0.4, -0.2) is 23.2 Å². The van der Waals surface area contributed by atoms with E-state index in [1.807, 2.05) is 36.5 Å². The normalized spacial score (nSPS) is 14.6. The zero-order chi connectivity index (χ0) is 23.0. The molecule has 0 aliphatic heterocycles. The first-order valence-electron chi connectivity index (χ1n) is 12.4. The van der Waals surface area contributed by atoms with Crippen LogP contribution in [0.25, 0.3) is 0 Å². The molecule has 0 aliphatic rings. The molecule has 0 aliphatic carbocycles. The highest BCUT2D eigenvalue weighted by atomic mass is 16.3. The molecule has 2 N–H and O–H groups in total. The lowest BCUT2D eigenvalue weighted by atomic mass is 9.91. The van der Waals surface area contributed by atoms with Crippen LogP contribution in [0.5, 0.6) is 0 Å². The maximum Gasteiger partial charge on any atom is 0.243 e. The Bertz CT molecular complexity index is 572. The van der Waals surface area contributed by atoms with Gasteiger partial charge in [-0.1, -0.05) is 120 Å². The summed E-state index contributed by atoms with van der Waals surface area (Å²) in [6.07, 6.45) is 32.3. The quantitative estimate of drug-likeness (QED) is 0.128. The Morgan fingerprint density at radius 2 is 1.32 bits per heavy atom. The van der Waals surface area contributed by atoms with Gasteiger partial charge in [0.15, 0.2) is 0 Å². The second kappa shape index (κ2) is 21.4. The van der Waals surface area contributed by atoms with E-state index >= 15 is 0 Å². The predicted molar refractivity (Wildman–Crippen MR) is 136 cm³/mol.